The summed E-state index contributed by atoms with van der Waals surface area (Å²) < 4.78 is -0.343. The van der Waals surface area contributed by atoms with E-state index in [4.69, 9.17) is 0 Å². The quantitative estimate of drug-likeness (QED) is 0.449. The Hall–Kier alpha value is -0.155. The number of hydrogen-bond donors (Lipinski definition) is 2. The van der Waals surface area contributed by atoms with Crippen LogP contribution < -0.4 is 5.32 Å². The summed E-state index contributed by atoms with van der Waals surface area (Å²) in [6.07, 6.45) is 0. The van der Waals surface area contributed by atoms with E-state index >= 15 is 0 Å². The van der Waals surface area contributed by atoms with Gasteiger partial charge in [-0.1, -0.05) is 18.7 Å². The number of carbonyl (C=O) groups is 1. The zero-order valence-corrected chi connectivity index (χ0v) is 5.66. The summed E-state index contributed by atoms with van der Waals surface area (Å²) in [5, 5.41) is 11.6. The second-order valence-electron chi connectivity index (χ2n) is 2.53. The van der Waals surface area contributed by atoms with Crippen molar-refractivity contribution in [2.45, 2.75) is 17.2 Å². The monoisotopic (exact) mass is 142 g/mol. The average molecular weight is 142 g/mol. The van der Waals surface area contributed by atoms with Gasteiger partial charge in [0.2, 0.25) is 7.28 Å². The summed E-state index contributed by atoms with van der Waals surface area (Å²) in [5.74, 6) is 0. The summed E-state index contributed by atoms with van der Waals surface area (Å²) >= 11 is 1.14. The molecule has 9 heavy (non-hydrogen) atoms. The second-order valence-corrected chi connectivity index (χ2v) is 3.96. The molecule has 0 saturated carbocycles. The van der Waals surface area contributed by atoms with Crippen LogP contribution in [0, 0.1) is 0 Å². The minimum atomic E-state index is -0.991. The van der Waals surface area contributed by atoms with Crippen LogP contribution in [0.5, 0.6) is 0 Å². The molecule has 0 spiro atoms. The number of aliphatic hydroxyl groups is 1. The highest BCUT2D eigenvalue weighted by Gasteiger charge is 2.71. The summed E-state index contributed by atoms with van der Waals surface area (Å²) in [6, 6.07) is 0. The van der Waals surface area contributed by atoms with Gasteiger partial charge in [0.1, 0.15) is 5.62 Å². The summed E-state index contributed by atoms with van der Waals surface area (Å²) in [5.41, 5.74) is -0.991. The minimum Gasteiger partial charge on any atom is -0.379 e. The molecule has 0 bridgehead atoms. The number of fused-ring (bicyclic) bond motifs is 1. The van der Waals surface area contributed by atoms with E-state index in [0.29, 0.717) is 0 Å². The van der Waals surface area contributed by atoms with E-state index in [0.717, 1.165) is 11.8 Å². The fourth-order valence-electron chi connectivity index (χ4n) is 1.00. The zero-order valence-electron chi connectivity index (χ0n) is 4.84. The topological polar surface area (TPSA) is 49.3 Å². The van der Waals surface area contributed by atoms with Gasteiger partial charge < -0.3 is 10.4 Å². The van der Waals surface area contributed by atoms with Crippen LogP contribution in [0.3, 0.4) is 0 Å². The van der Waals surface area contributed by atoms with Crippen LogP contribution in [0.4, 0.5) is 4.79 Å². The van der Waals surface area contributed by atoms with Crippen LogP contribution >= 0.6 is 11.8 Å². The lowest BCUT2D eigenvalue weighted by molar-refractivity contribution is 0.144. The van der Waals surface area contributed by atoms with Crippen molar-refractivity contribution in [3.05, 3.63) is 0 Å². The van der Waals surface area contributed by atoms with Crippen molar-refractivity contribution in [2.75, 3.05) is 0 Å². The maximum atomic E-state index is 10.6. The van der Waals surface area contributed by atoms with Crippen LogP contribution in [0.2, 0.25) is 0 Å². The minimum absolute atomic E-state index is 0.137. The Morgan fingerprint density at radius 2 is 2.56 bits per heavy atom. The highest BCUT2D eigenvalue weighted by Crippen LogP contribution is 2.52. The van der Waals surface area contributed by atoms with Crippen LogP contribution in [0.25, 0.3) is 0 Å². The van der Waals surface area contributed by atoms with Crippen LogP contribution in [0.1, 0.15) is 6.92 Å². The zero-order chi connectivity index (χ0) is 6.70. The van der Waals surface area contributed by atoms with E-state index in [-0.39, 0.29) is 9.89 Å². The van der Waals surface area contributed by atoms with Crippen LogP contribution in [-0.4, -0.2) is 27.9 Å². The lowest BCUT2D eigenvalue weighted by Gasteiger charge is -2.04. The maximum absolute atomic E-state index is 10.6. The fraction of sp³-hybridized carbons (Fsp3) is 0.750. The number of carbonyl (C=O) groups excluding carboxylic acids is 1. The van der Waals surface area contributed by atoms with E-state index in [2.05, 4.69) is 5.32 Å². The molecule has 2 atom stereocenters. The molecule has 2 fully saturated rings. The van der Waals surface area contributed by atoms with E-state index < -0.39 is 5.62 Å². The Kier molecular flexibility index (Phi) is 0.720. The van der Waals surface area contributed by atoms with Gasteiger partial charge in [-0.25, -0.2) is 0 Å². The van der Waals surface area contributed by atoms with E-state index in [1.807, 2.05) is 6.92 Å². The molecule has 2 unspecified atom stereocenters. The lowest BCUT2D eigenvalue weighted by Crippen LogP contribution is -2.33. The number of thioether (sulfide) groups is 1. The van der Waals surface area contributed by atoms with Crippen molar-refractivity contribution in [3.63, 3.8) is 0 Å². The molecule has 1 radical (unpaired) electrons. The van der Waals surface area contributed by atoms with Crippen molar-refractivity contribution in [1.29, 1.82) is 0 Å². The molecule has 0 aromatic carbocycles. The number of nitrogens with one attached hydrogen (secondary N) is 1. The first-order chi connectivity index (χ1) is 4.06. The molecule has 1 amide bonds. The fourth-order valence-corrected chi connectivity index (χ4v) is 2.03. The molecule has 2 heterocycles. The molecular formula is C4H5BNO2S. The SMILES string of the molecule is CC12[B]C1(O)NC(=O)S2. The molecule has 0 aliphatic carbocycles. The Bertz CT molecular complexity index is 181. The molecule has 3 nitrogen and oxygen atoms in total. The molecule has 5 heteroatoms. The number of amides is 1. The second kappa shape index (κ2) is 1.15. The third-order valence-corrected chi connectivity index (χ3v) is 2.90. The molecule has 2 aliphatic heterocycles. The van der Waals surface area contributed by atoms with Crippen molar-refractivity contribution in [1.82, 2.24) is 5.32 Å². The third-order valence-electron chi connectivity index (χ3n) is 1.76. The van der Waals surface area contributed by atoms with Crippen molar-refractivity contribution in [3.8, 4) is 0 Å². The Morgan fingerprint density at radius 3 is 2.78 bits per heavy atom. The van der Waals surface area contributed by atoms with Gasteiger partial charge in [-0.3, -0.25) is 4.79 Å². The Labute approximate surface area is 57.4 Å². The first kappa shape index (κ1) is 5.62. The molecule has 0 aromatic rings. The molecule has 2 aliphatic rings. The molecule has 0 aromatic heterocycles. The Morgan fingerprint density at radius 1 is 1.89 bits per heavy atom. The normalized spacial score (nSPS) is 53.8. The van der Waals surface area contributed by atoms with Gasteiger partial charge in [0.25, 0.3) is 5.24 Å². The van der Waals surface area contributed by atoms with Crippen LogP contribution in [0.15, 0.2) is 0 Å². The average Bonchev–Trinajstić information content (AvgIpc) is 1.97. The van der Waals surface area contributed by atoms with Gasteiger partial charge in [0, 0.05) is 4.65 Å². The van der Waals surface area contributed by atoms with Gasteiger partial charge >= 0.3 is 0 Å². The molecule has 2 rings (SSSR count). The van der Waals surface area contributed by atoms with Crippen molar-refractivity contribution in [2.24, 2.45) is 0 Å². The predicted molar refractivity (Wildman–Crippen MR) is 35.2 cm³/mol. The summed E-state index contributed by atoms with van der Waals surface area (Å²) in [6.45, 7) is 1.83. The molecule has 2 N–H and O–H groups in total. The highest BCUT2D eigenvalue weighted by atomic mass is 32.2. The van der Waals surface area contributed by atoms with Gasteiger partial charge in [0.05, 0.1) is 0 Å². The highest BCUT2D eigenvalue weighted by molar-refractivity contribution is 8.17. The van der Waals surface area contributed by atoms with Crippen LogP contribution in [-0.2, 0) is 0 Å². The first-order valence-corrected chi connectivity index (χ1v) is 3.48. The lowest BCUT2D eigenvalue weighted by atomic mass is 10.0. The maximum Gasteiger partial charge on any atom is 0.280 e. The van der Waals surface area contributed by atoms with E-state index in [1.165, 1.54) is 0 Å². The van der Waals surface area contributed by atoms with Crippen molar-refractivity contribution < 1.29 is 9.90 Å². The predicted octanol–water partition coefficient (Wildman–Crippen LogP) is -0.477. The van der Waals surface area contributed by atoms with Gasteiger partial charge in [-0.05, 0) is 0 Å². The van der Waals surface area contributed by atoms with Gasteiger partial charge in [0.15, 0.2) is 0 Å². The number of hydrogen-bond acceptors (Lipinski definition) is 3. The standard InChI is InChI=1S/C4H5BNO2S/c1-3-4(8,5-3)6-2(7)9-3/h8H,1H3,(H,6,7). The summed E-state index contributed by atoms with van der Waals surface area (Å²) in [7, 11) is 1.71. The Balaban J connectivity index is 2.29. The van der Waals surface area contributed by atoms with E-state index in [1.54, 1.807) is 7.28 Å². The molecular weight excluding hydrogens is 137 g/mol. The molecule has 2 saturated heterocycles. The third kappa shape index (κ3) is 0.514. The largest absolute Gasteiger partial charge is 0.379 e. The smallest absolute Gasteiger partial charge is 0.280 e. The van der Waals surface area contributed by atoms with Gasteiger partial charge in [-0.15, -0.1) is 0 Å². The summed E-state index contributed by atoms with van der Waals surface area (Å²) in [4.78, 5) is 10.6. The molecule has 47 valence electrons. The number of rotatable bonds is 0. The first-order valence-electron chi connectivity index (χ1n) is 2.66. The van der Waals surface area contributed by atoms with E-state index in [9.17, 15) is 9.90 Å². The van der Waals surface area contributed by atoms with Crippen molar-refractivity contribution >= 4 is 24.3 Å². The van der Waals surface area contributed by atoms with Gasteiger partial charge in [-0.2, -0.15) is 0 Å².